The van der Waals surface area contributed by atoms with Crippen LogP contribution in [0.25, 0.3) is 0 Å². The standard InChI is InChI=1S/C15H21N3O5/c1-10-4-6-17(7-5-10)14(19)11(2)23-15(20)13-8-12(18(21)22)9-16(13)3/h8-11H,4-7H2,1-3H3. The number of likely N-dealkylation sites (tertiary alicyclic amines) is 1. The second-order valence-corrected chi connectivity index (χ2v) is 6.01. The fourth-order valence-corrected chi connectivity index (χ4v) is 2.61. The lowest BCUT2D eigenvalue weighted by molar-refractivity contribution is -0.384. The number of aromatic nitrogens is 1. The summed E-state index contributed by atoms with van der Waals surface area (Å²) in [5, 5.41) is 10.7. The highest BCUT2D eigenvalue weighted by Gasteiger charge is 2.28. The third-order valence-electron chi connectivity index (χ3n) is 4.14. The van der Waals surface area contributed by atoms with Crippen LogP contribution in [0.4, 0.5) is 5.69 Å². The van der Waals surface area contributed by atoms with Crippen molar-refractivity contribution in [2.24, 2.45) is 13.0 Å². The van der Waals surface area contributed by atoms with E-state index in [1.54, 1.807) is 4.90 Å². The van der Waals surface area contributed by atoms with Crippen LogP contribution in [0, 0.1) is 16.0 Å². The first kappa shape index (κ1) is 17.0. The molecule has 1 unspecified atom stereocenters. The maximum atomic E-state index is 12.3. The molecule has 1 amide bonds. The number of ether oxygens (including phenoxy) is 1. The summed E-state index contributed by atoms with van der Waals surface area (Å²) in [6.45, 7) is 5.00. The summed E-state index contributed by atoms with van der Waals surface area (Å²) in [5.41, 5.74) is -0.146. The number of nitrogens with zero attached hydrogens (tertiary/aromatic N) is 3. The highest BCUT2D eigenvalue weighted by atomic mass is 16.6. The minimum Gasteiger partial charge on any atom is -0.448 e. The van der Waals surface area contributed by atoms with Crippen LogP contribution in [0.2, 0.25) is 0 Å². The molecule has 1 saturated heterocycles. The molecule has 2 rings (SSSR count). The Morgan fingerprint density at radius 2 is 2.00 bits per heavy atom. The first-order valence-corrected chi connectivity index (χ1v) is 7.60. The molecule has 0 aromatic carbocycles. The van der Waals surface area contributed by atoms with Gasteiger partial charge >= 0.3 is 5.97 Å². The molecule has 1 aliphatic heterocycles. The number of nitro groups is 1. The SMILES string of the molecule is CC1CCN(C(=O)C(C)OC(=O)c2cc([N+](=O)[O-])cn2C)CC1. The molecule has 8 heteroatoms. The van der Waals surface area contributed by atoms with Gasteiger partial charge in [-0.3, -0.25) is 14.9 Å². The molecule has 0 bridgehead atoms. The lowest BCUT2D eigenvalue weighted by Gasteiger charge is -2.31. The smallest absolute Gasteiger partial charge is 0.355 e. The molecule has 0 spiro atoms. The number of hydrogen-bond donors (Lipinski definition) is 0. The number of hydrogen-bond acceptors (Lipinski definition) is 5. The highest BCUT2D eigenvalue weighted by Crippen LogP contribution is 2.19. The van der Waals surface area contributed by atoms with Crippen molar-refractivity contribution in [2.45, 2.75) is 32.8 Å². The molecule has 126 valence electrons. The maximum absolute atomic E-state index is 12.3. The maximum Gasteiger partial charge on any atom is 0.355 e. The molecule has 2 heterocycles. The lowest BCUT2D eigenvalue weighted by Crippen LogP contribution is -2.44. The Morgan fingerprint density at radius 3 is 2.52 bits per heavy atom. The van der Waals surface area contributed by atoms with Crippen molar-refractivity contribution < 1.29 is 19.2 Å². The van der Waals surface area contributed by atoms with Crippen molar-refractivity contribution >= 4 is 17.6 Å². The number of carbonyl (C=O) groups is 2. The summed E-state index contributed by atoms with van der Waals surface area (Å²) in [5.74, 6) is -0.374. The predicted octanol–water partition coefficient (Wildman–Crippen LogP) is 1.74. The van der Waals surface area contributed by atoms with E-state index in [1.807, 2.05) is 0 Å². The summed E-state index contributed by atoms with van der Waals surface area (Å²) in [6, 6.07) is 1.14. The average Bonchev–Trinajstić information content (AvgIpc) is 2.89. The van der Waals surface area contributed by atoms with Gasteiger partial charge in [0.2, 0.25) is 0 Å². The second-order valence-electron chi connectivity index (χ2n) is 6.01. The summed E-state index contributed by atoms with van der Waals surface area (Å²) in [4.78, 5) is 36.3. The van der Waals surface area contributed by atoms with E-state index in [9.17, 15) is 19.7 Å². The van der Waals surface area contributed by atoms with Crippen molar-refractivity contribution in [2.75, 3.05) is 13.1 Å². The van der Waals surface area contributed by atoms with Crippen LogP contribution in [0.1, 0.15) is 37.2 Å². The van der Waals surface area contributed by atoms with E-state index in [2.05, 4.69) is 6.92 Å². The molecule has 0 N–H and O–H groups in total. The molecule has 1 aromatic rings. The third-order valence-corrected chi connectivity index (χ3v) is 4.14. The van der Waals surface area contributed by atoms with E-state index < -0.39 is 17.0 Å². The van der Waals surface area contributed by atoms with Gasteiger partial charge in [0.15, 0.2) is 6.10 Å². The zero-order valence-electron chi connectivity index (χ0n) is 13.5. The highest BCUT2D eigenvalue weighted by molar-refractivity contribution is 5.91. The van der Waals surface area contributed by atoms with Crippen LogP contribution < -0.4 is 0 Å². The van der Waals surface area contributed by atoms with E-state index in [1.165, 1.54) is 24.7 Å². The zero-order chi connectivity index (χ0) is 17.1. The Balaban J connectivity index is 1.99. The molecule has 1 aromatic heterocycles. The number of aryl methyl sites for hydroxylation is 1. The summed E-state index contributed by atoms with van der Waals surface area (Å²) in [7, 11) is 1.52. The number of esters is 1. The zero-order valence-corrected chi connectivity index (χ0v) is 13.5. The van der Waals surface area contributed by atoms with E-state index >= 15 is 0 Å². The number of carbonyl (C=O) groups excluding carboxylic acids is 2. The molecule has 0 radical (unpaired) electrons. The summed E-state index contributed by atoms with van der Waals surface area (Å²) >= 11 is 0. The average molecular weight is 323 g/mol. The van der Waals surface area contributed by atoms with Crippen molar-refractivity contribution in [3.8, 4) is 0 Å². The van der Waals surface area contributed by atoms with E-state index in [0.717, 1.165) is 18.9 Å². The van der Waals surface area contributed by atoms with E-state index in [4.69, 9.17) is 4.74 Å². The molecule has 1 aliphatic rings. The topological polar surface area (TPSA) is 94.7 Å². The molecular formula is C15H21N3O5. The number of piperidine rings is 1. The molecule has 23 heavy (non-hydrogen) atoms. The van der Waals surface area contributed by atoms with Crippen LogP contribution in [-0.2, 0) is 16.6 Å². The Hall–Kier alpha value is -2.38. The van der Waals surface area contributed by atoms with Gasteiger partial charge in [0.1, 0.15) is 5.69 Å². The van der Waals surface area contributed by atoms with Crippen LogP contribution in [0.15, 0.2) is 12.3 Å². The largest absolute Gasteiger partial charge is 0.448 e. The van der Waals surface area contributed by atoms with Gasteiger partial charge in [-0.15, -0.1) is 0 Å². The summed E-state index contributed by atoms with van der Waals surface area (Å²) in [6.07, 6.45) is 2.20. The Kier molecular flexibility index (Phi) is 5.02. The molecular weight excluding hydrogens is 302 g/mol. The van der Waals surface area contributed by atoms with Gasteiger partial charge in [-0.05, 0) is 25.7 Å². The normalized spacial score (nSPS) is 16.9. The van der Waals surface area contributed by atoms with E-state index in [0.29, 0.717) is 19.0 Å². The number of amides is 1. The first-order chi connectivity index (χ1) is 10.8. The van der Waals surface area contributed by atoms with Gasteiger partial charge in [-0.25, -0.2) is 4.79 Å². The van der Waals surface area contributed by atoms with Gasteiger partial charge in [-0.1, -0.05) is 6.92 Å². The fraction of sp³-hybridized carbons (Fsp3) is 0.600. The van der Waals surface area contributed by atoms with Crippen molar-refractivity contribution in [3.63, 3.8) is 0 Å². The molecule has 1 fully saturated rings. The Morgan fingerprint density at radius 1 is 1.39 bits per heavy atom. The van der Waals surface area contributed by atoms with Crippen LogP contribution in [0.5, 0.6) is 0 Å². The minimum atomic E-state index is -0.912. The van der Waals surface area contributed by atoms with Gasteiger partial charge in [0.05, 0.1) is 11.1 Å². The van der Waals surface area contributed by atoms with Gasteiger partial charge in [0.25, 0.3) is 11.6 Å². The minimum absolute atomic E-state index is 0.0450. The van der Waals surface area contributed by atoms with Crippen LogP contribution in [0.3, 0.4) is 0 Å². The quantitative estimate of drug-likeness (QED) is 0.478. The molecule has 8 nitrogen and oxygen atoms in total. The predicted molar refractivity (Wildman–Crippen MR) is 81.9 cm³/mol. The van der Waals surface area contributed by atoms with Crippen molar-refractivity contribution in [1.82, 2.24) is 9.47 Å². The molecule has 0 saturated carbocycles. The Bertz CT molecular complexity index is 617. The van der Waals surface area contributed by atoms with Crippen molar-refractivity contribution in [3.05, 3.63) is 28.1 Å². The first-order valence-electron chi connectivity index (χ1n) is 7.60. The van der Waals surface area contributed by atoms with Crippen molar-refractivity contribution in [1.29, 1.82) is 0 Å². The van der Waals surface area contributed by atoms with Gasteiger partial charge in [-0.2, -0.15) is 0 Å². The number of rotatable bonds is 4. The van der Waals surface area contributed by atoms with Gasteiger partial charge in [0, 0.05) is 26.2 Å². The monoisotopic (exact) mass is 323 g/mol. The molecule has 1 atom stereocenters. The molecule has 0 aliphatic carbocycles. The third kappa shape index (κ3) is 3.88. The lowest BCUT2D eigenvalue weighted by atomic mass is 9.99. The van der Waals surface area contributed by atoms with Crippen LogP contribution in [-0.4, -0.2) is 45.5 Å². The second kappa shape index (κ2) is 6.80. The Labute approximate surface area is 134 Å². The van der Waals surface area contributed by atoms with Crippen LogP contribution >= 0.6 is 0 Å². The fourth-order valence-electron chi connectivity index (χ4n) is 2.61. The van der Waals surface area contributed by atoms with Gasteiger partial charge < -0.3 is 14.2 Å². The summed E-state index contributed by atoms with van der Waals surface area (Å²) < 4.78 is 6.50. The van der Waals surface area contributed by atoms with E-state index in [-0.39, 0.29) is 17.3 Å².